The van der Waals surface area contributed by atoms with Gasteiger partial charge in [-0.25, -0.2) is 13.1 Å². The smallest absolute Gasteiger partial charge is 0.293 e. The summed E-state index contributed by atoms with van der Waals surface area (Å²) in [6.07, 6.45) is 6.62. The number of fused-ring (bicyclic) bond motifs is 4. The Morgan fingerprint density at radius 1 is 0.958 bits per heavy atom. The predicted molar refractivity (Wildman–Crippen MR) is 278 cm³/mol. The molecule has 1 unspecified atom stereocenters. The fourth-order valence-electron chi connectivity index (χ4n) is 10.8. The van der Waals surface area contributed by atoms with Crippen molar-refractivity contribution in [3.8, 4) is 5.88 Å². The topological polar surface area (TPSA) is 194 Å². The maximum Gasteiger partial charge on any atom is 0.293 e. The van der Waals surface area contributed by atoms with Crippen molar-refractivity contribution in [3.63, 3.8) is 0 Å². The molecule has 4 aliphatic heterocycles. The third-order valence-corrected chi connectivity index (χ3v) is 16.2. The lowest BCUT2D eigenvalue weighted by Gasteiger charge is -2.45. The van der Waals surface area contributed by atoms with Gasteiger partial charge in [0.05, 0.1) is 52.5 Å². The number of pyridine rings is 1. The highest BCUT2D eigenvalue weighted by Crippen LogP contribution is 2.46. The van der Waals surface area contributed by atoms with Crippen LogP contribution in [0.25, 0.3) is 16.6 Å². The maximum absolute atomic E-state index is 14.6. The first-order valence-corrected chi connectivity index (χ1v) is 26.9. The van der Waals surface area contributed by atoms with E-state index >= 15 is 0 Å². The highest BCUT2D eigenvalue weighted by atomic mass is 35.5. The third kappa shape index (κ3) is 10.9. The fourth-order valence-corrected chi connectivity index (χ4v) is 11.9. The number of nitrogens with zero attached hydrogens (tertiary/aromatic N) is 5. The highest BCUT2D eigenvalue weighted by Gasteiger charge is 2.39. The second kappa shape index (κ2) is 21.0. The Balaban J connectivity index is 0.962. The van der Waals surface area contributed by atoms with Crippen molar-refractivity contribution in [3.05, 3.63) is 111 Å². The molecule has 0 spiro atoms. The van der Waals surface area contributed by atoms with Crippen LogP contribution in [0, 0.1) is 21.4 Å². The summed E-state index contributed by atoms with van der Waals surface area (Å²) in [5.74, 6) is -0.0788. The number of nitrogens with one attached hydrogen (secondary N) is 3. The van der Waals surface area contributed by atoms with E-state index in [0.29, 0.717) is 99.5 Å². The van der Waals surface area contributed by atoms with Crippen molar-refractivity contribution < 1.29 is 37.1 Å². The number of H-pyrrole nitrogens is 1. The third-order valence-electron chi connectivity index (χ3n) is 14.6. The Morgan fingerprint density at radius 2 is 1.81 bits per heavy atom. The lowest BCUT2D eigenvalue weighted by molar-refractivity contribution is -0.384. The molecule has 3 saturated heterocycles. The Labute approximate surface area is 425 Å². The lowest BCUT2D eigenvalue weighted by Crippen LogP contribution is -2.56. The molecular formula is C53H63ClN8O9S. The summed E-state index contributed by atoms with van der Waals surface area (Å²) in [6.45, 7) is 12.9. The number of aromatic amines is 1. The van der Waals surface area contributed by atoms with Crippen molar-refractivity contribution >= 4 is 72.6 Å². The van der Waals surface area contributed by atoms with Crippen LogP contribution in [0.15, 0.2) is 89.5 Å². The summed E-state index contributed by atoms with van der Waals surface area (Å²) in [7, 11) is -4.62. The second-order valence-electron chi connectivity index (χ2n) is 20.6. The van der Waals surface area contributed by atoms with Crippen LogP contribution < -0.4 is 24.6 Å². The first-order chi connectivity index (χ1) is 34.7. The molecule has 72 heavy (non-hydrogen) atoms. The summed E-state index contributed by atoms with van der Waals surface area (Å²) in [4.78, 5) is 40.6. The lowest BCUT2D eigenvalue weighted by atomic mass is 9.71. The molecule has 10 rings (SSSR count). The zero-order chi connectivity index (χ0) is 50.1. The van der Waals surface area contributed by atoms with Gasteiger partial charge in [0.1, 0.15) is 17.0 Å². The van der Waals surface area contributed by atoms with Gasteiger partial charge in [-0.2, -0.15) is 4.98 Å². The van der Waals surface area contributed by atoms with Gasteiger partial charge in [-0.15, -0.1) is 0 Å². The van der Waals surface area contributed by atoms with Crippen LogP contribution in [-0.2, 0) is 24.2 Å². The number of aromatic nitrogens is 2. The van der Waals surface area contributed by atoms with Gasteiger partial charge in [0.2, 0.25) is 5.88 Å². The Kier molecular flexibility index (Phi) is 14.5. The second-order valence-corrected chi connectivity index (χ2v) is 22.7. The van der Waals surface area contributed by atoms with Gasteiger partial charge in [-0.1, -0.05) is 44.5 Å². The van der Waals surface area contributed by atoms with Gasteiger partial charge in [-0.3, -0.25) is 19.8 Å². The molecule has 2 aromatic heterocycles. The summed E-state index contributed by atoms with van der Waals surface area (Å²) in [6, 6.07) is 21.1. The zero-order valence-electron chi connectivity index (χ0n) is 41.0. The summed E-state index contributed by atoms with van der Waals surface area (Å²) in [5, 5.41) is 16.9. The minimum absolute atomic E-state index is 0.0106. The molecule has 0 saturated carbocycles. The van der Waals surface area contributed by atoms with Gasteiger partial charge in [0.25, 0.3) is 21.6 Å². The van der Waals surface area contributed by atoms with E-state index in [1.165, 1.54) is 23.3 Å². The average molecular weight is 1020 g/mol. The number of carbonyl (C=O) groups is 1. The Hall–Kier alpha value is -5.76. The number of ether oxygens (including phenoxy) is 4. The van der Waals surface area contributed by atoms with Crippen LogP contribution in [-0.4, -0.2) is 125 Å². The van der Waals surface area contributed by atoms with Crippen LogP contribution in [0.1, 0.15) is 75.2 Å². The number of anilines is 4. The molecule has 3 aromatic carbocycles. The first kappa shape index (κ1) is 49.8. The number of sulfonamides is 1. The molecule has 0 radical (unpaired) electrons. The molecular weight excluding hydrogens is 960 g/mol. The Morgan fingerprint density at radius 3 is 2.61 bits per heavy atom. The molecule has 0 bridgehead atoms. The summed E-state index contributed by atoms with van der Waals surface area (Å²) < 4.78 is 55.6. The van der Waals surface area contributed by atoms with Gasteiger partial charge in [0.15, 0.2) is 0 Å². The quantitative estimate of drug-likeness (QED) is 0.0886. The van der Waals surface area contributed by atoms with Crippen LogP contribution >= 0.6 is 11.6 Å². The largest absolute Gasteiger partial charge is 0.476 e. The van der Waals surface area contributed by atoms with E-state index in [4.69, 9.17) is 35.5 Å². The number of piperazine rings is 1. The molecule has 1 amide bonds. The minimum Gasteiger partial charge on any atom is -0.476 e. The average Bonchev–Trinajstić information content (AvgIpc) is 3.71. The van der Waals surface area contributed by atoms with Crippen molar-refractivity contribution in [1.82, 2.24) is 19.6 Å². The van der Waals surface area contributed by atoms with Gasteiger partial charge in [-0.05, 0) is 121 Å². The van der Waals surface area contributed by atoms with Crippen molar-refractivity contribution in [2.45, 2.75) is 82.4 Å². The predicted octanol–water partition coefficient (Wildman–Crippen LogP) is 8.96. The molecule has 17 nitrogen and oxygen atoms in total. The normalized spacial score (nSPS) is 23.2. The van der Waals surface area contributed by atoms with Crippen LogP contribution in [0.2, 0.25) is 5.02 Å². The number of amides is 1. The molecule has 5 aromatic rings. The van der Waals surface area contributed by atoms with E-state index in [1.807, 2.05) is 41.3 Å². The van der Waals surface area contributed by atoms with Gasteiger partial charge < -0.3 is 39.0 Å². The molecule has 1 aliphatic carbocycles. The number of rotatable bonds is 10. The molecule has 382 valence electrons. The fraction of sp³-hybridized carbons (Fsp3) is 0.472. The summed E-state index contributed by atoms with van der Waals surface area (Å²) in [5.41, 5.74) is 6.19. The van der Waals surface area contributed by atoms with E-state index < -0.39 is 31.4 Å². The van der Waals surface area contributed by atoms with E-state index in [1.54, 1.807) is 12.3 Å². The van der Waals surface area contributed by atoms with Gasteiger partial charge >= 0.3 is 0 Å². The summed E-state index contributed by atoms with van der Waals surface area (Å²) >= 11 is 6.38. The highest BCUT2D eigenvalue weighted by molar-refractivity contribution is 7.90. The van der Waals surface area contributed by atoms with Crippen LogP contribution in [0.3, 0.4) is 0 Å². The first-order valence-electron chi connectivity index (χ1n) is 25.1. The molecule has 3 N–H and O–H groups in total. The molecule has 5 aliphatic rings. The number of benzene rings is 3. The maximum atomic E-state index is 14.6. The molecule has 19 heteroatoms. The monoisotopic (exact) mass is 1020 g/mol. The number of carbonyl (C=O) groups excluding carboxylic acids is 1. The number of hydrogen-bond acceptors (Lipinski definition) is 14. The van der Waals surface area contributed by atoms with E-state index in [-0.39, 0.29) is 34.9 Å². The van der Waals surface area contributed by atoms with E-state index in [0.717, 1.165) is 67.9 Å². The Bertz CT molecular complexity index is 2960. The van der Waals surface area contributed by atoms with Crippen molar-refractivity contribution in [1.29, 1.82) is 0 Å². The molecule has 6 heterocycles. The van der Waals surface area contributed by atoms with E-state index in [2.05, 4.69) is 57.7 Å². The van der Waals surface area contributed by atoms with Gasteiger partial charge in [0, 0.05) is 87.4 Å². The molecule has 4 atom stereocenters. The van der Waals surface area contributed by atoms with Crippen LogP contribution in [0.5, 0.6) is 5.88 Å². The minimum atomic E-state index is -4.62. The van der Waals surface area contributed by atoms with Crippen LogP contribution in [0.4, 0.5) is 28.4 Å². The number of nitro groups is 1. The number of halogens is 1. The standard InChI is InChI=1S/C53H63ClN8O9S/c1-34-6-12-40(71-32-34)29-56-45-15-13-41(26-47(45)62(64)65)72(66,67)58-51(63)42-14-11-38(25-46(42)61-18-4-22-70-52-48(61)24-36-16-17-55-50(36)57-52)59-19-20-60-31-44-43(35-7-9-37(54)10-8-35)27-53(2,3)28-49(44)69-23-5-21-68-33-39(60)30-59/h7-11,13-17,24-26,34,39-40,49,56H,4-6,12,18-23,27-33H2,1-3H3,(H,55,57)(H,58,63)/t34-,39+,40?,49-/m1/s1. The number of allylic oxidation sites excluding steroid dienone is 1. The number of nitro benzene ring substituents is 1. The van der Waals surface area contributed by atoms with Crippen molar-refractivity contribution in [2.75, 3.05) is 87.4 Å². The number of hydrogen-bond donors (Lipinski definition) is 3. The van der Waals surface area contributed by atoms with E-state index in [9.17, 15) is 23.3 Å². The van der Waals surface area contributed by atoms with Crippen molar-refractivity contribution in [2.24, 2.45) is 11.3 Å². The SMILES string of the molecule is C[C@@H]1CCC(CNc2ccc(S(=O)(=O)NC(=O)c3ccc(N4CCN5CC6=C(c7ccc(Cl)cc7)CC(C)(C)C[C@H]6OCCCOC[C@@H]5C4)cc3N3CCCOc4nc5[nH]ccc5cc43)cc2[N+](=O)[O-])OC1. The molecule has 3 fully saturated rings. The zero-order valence-corrected chi connectivity index (χ0v) is 42.6.